The number of carboxylic acid groups (broad SMARTS) is 1. The predicted molar refractivity (Wildman–Crippen MR) is 72.2 cm³/mol. The molecule has 0 aliphatic heterocycles. The van der Waals surface area contributed by atoms with Crippen LogP contribution < -0.4 is 4.72 Å². The highest BCUT2D eigenvalue weighted by molar-refractivity contribution is 9.10. The van der Waals surface area contributed by atoms with Crippen molar-refractivity contribution in [3.63, 3.8) is 0 Å². The second-order valence-electron chi connectivity index (χ2n) is 4.47. The number of hydrogen-bond donors (Lipinski definition) is 3. The predicted octanol–water partition coefficient (Wildman–Crippen LogP) is 1.09. The Labute approximate surface area is 123 Å². The van der Waals surface area contributed by atoms with Crippen molar-refractivity contribution in [1.82, 2.24) is 4.72 Å². The minimum absolute atomic E-state index is 0.0304. The van der Waals surface area contributed by atoms with Gasteiger partial charge in [0.05, 0.1) is 16.9 Å². The van der Waals surface area contributed by atoms with Crippen LogP contribution in [0.25, 0.3) is 0 Å². The first-order valence-corrected chi connectivity index (χ1v) is 7.70. The van der Waals surface area contributed by atoms with Gasteiger partial charge in [-0.3, -0.25) is 4.79 Å². The molecule has 1 aromatic carbocycles. The number of halogens is 2. The van der Waals surface area contributed by atoms with Crippen molar-refractivity contribution < 1.29 is 27.8 Å². The van der Waals surface area contributed by atoms with Gasteiger partial charge in [0.1, 0.15) is 5.82 Å². The minimum atomic E-state index is -3.99. The Morgan fingerprint density at radius 2 is 2.10 bits per heavy atom. The molecule has 112 valence electrons. The number of carboxylic acids is 1. The van der Waals surface area contributed by atoms with Gasteiger partial charge in [-0.25, -0.2) is 17.5 Å². The number of nitrogens with one attached hydrogen (secondary N) is 1. The summed E-state index contributed by atoms with van der Waals surface area (Å²) in [5, 5.41) is 18.3. The van der Waals surface area contributed by atoms with Gasteiger partial charge in [-0.05, 0) is 41.1 Å². The van der Waals surface area contributed by atoms with Crippen molar-refractivity contribution in [2.75, 3.05) is 6.54 Å². The summed E-state index contributed by atoms with van der Waals surface area (Å²) in [5.74, 6) is -1.86. The van der Waals surface area contributed by atoms with E-state index in [1.54, 1.807) is 0 Å². The third-order valence-corrected chi connectivity index (χ3v) is 4.74. The van der Waals surface area contributed by atoms with E-state index >= 15 is 0 Å². The van der Waals surface area contributed by atoms with Crippen LogP contribution in [0.4, 0.5) is 4.39 Å². The Balaban J connectivity index is 2.88. The minimum Gasteiger partial charge on any atom is -0.481 e. The Kier molecular flexibility index (Phi) is 5.25. The highest BCUT2D eigenvalue weighted by Gasteiger charge is 2.27. The molecule has 0 radical (unpaired) electrons. The van der Waals surface area contributed by atoms with E-state index in [1.807, 2.05) is 0 Å². The Morgan fingerprint density at radius 1 is 1.50 bits per heavy atom. The van der Waals surface area contributed by atoms with E-state index < -0.39 is 40.4 Å². The van der Waals surface area contributed by atoms with Crippen LogP contribution in [0.3, 0.4) is 0 Å². The van der Waals surface area contributed by atoms with Crippen LogP contribution in [-0.4, -0.2) is 36.7 Å². The normalized spacial score (nSPS) is 14.8. The molecule has 0 heterocycles. The zero-order valence-electron chi connectivity index (χ0n) is 10.4. The van der Waals surface area contributed by atoms with Gasteiger partial charge in [0.15, 0.2) is 0 Å². The first-order valence-electron chi connectivity index (χ1n) is 5.42. The van der Waals surface area contributed by atoms with E-state index in [0.717, 1.165) is 18.2 Å². The maximum atomic E-state index is 12.9. The SMILES string of the molecule is CC(O)(CNS(=O)(=O)c1ccc(F)cc1Br)CC(=O)O. The quantitative estimate of drug-likeness (QED) is 0.696. The number of hydrogen-bond acceptors (Lipinski definition) is 4. The lowest BCUT2D eigenvalue weighted by molar-refractivity contribution is -0.141. The molecule has 0 bridgehead atoms. The lowest BCUT2D eigenvalue weighted by atomic mass is 10.0. The third-order valence-electron chi connectivity index (χ3n) is 2.36. The Morgan fingerprint density at radius 3 is 2.60 bits per heavy atom. The lowest BCUT2D eigenvalue weighted by Crippen LogP contribution is -2.42. The van der Waals surface area contributed by atoms with E-state index in [-0.39, 0.29) is 9.37 Å². The van der Waals surface area contributed by atoms with Gasteiger partial charge in [-0.1, -0.05) is 0 Å². The summed E-state index contributed by atoms with van der Waals surface area (Å²) in [4.78, 5) is 10.3. The van der Waals surface area contributed by atoms with Crippen LogP contribution in [0.5, 0.6) is 0 Å². The highest BCUT2D eigenvalue weighted by Crippen LogP contribution is 2.23. The molecule has 0 spiro atoms. The van der Waals surface area contributed by atoms with Gasteiger partial charge in [-0.15, -0.1) is 0 Å². The molecule has 1 rings (SSSR count). The van der Waals surface area contributed by atoms with Gasteiger partial charge in [-0.2, -0.15) is 0 Å². The summed E-state index contributed by atoms with van der Waals surface area (Å²) < 4.78 is 39.0. The second kappa shape index (κ2) is 6.17. The average molecular weight is 370 g/mol. The summed E-state index contributed by atoms with van der Waals surface area (Å²) in [6.45, 7) is 0.717. The van der Waals surface area contributed by atoms with Crippen LogP contribution in [0, 0.1) is 5.82 Å². The van der Waals surface area contributed by atoms with Gasteiger partial charge in [0, 0.05) is 11.0 Å². The van der Waals surface area contributed by atoms with Crippen LogP contribution >= 0.6 is 15.9 Å². The van der Waals surface area contributed by atoms with Crippen molar-refractivity contribution in [2.24, 2.45) is 0 Å². The number of benzene rings is 1. The average Bonchev–Trinajstić information content (AvgIpc) is 2.24. The van der Waals surface area contributed by atoms with E-state index in [9.17, 15) is 22.7 Å². The van der Waals surface area contributed by atoms with E-state index in [2.05, 4.69) is 20.7 Å². The van der Waals surface area contributed by atoms with E-state index in [4.69, 9.17) is 5.11 Å². The van der Waals surface area contributed by atoms with Crippen LogP contribution in [0.1, 0.15) is 13.3 Å². The van der Waals surface area contributed by atoms with Crippen LogP contribution in [-0.2, 0) is 14.8 Å². The van der Waals surface area contributed by atoms with Crippen molar-refractivity contribution in [2.45, 2.75) is 23.8 Å². The molecular weight excluding hydrogens is 357 g/mol. The van der Waals surface area contributed by atoms with Crippen molar-refractivity contribution >= 4 is 31.9 Å². The van der Waals surface area contributed by atoms with Gasteiger partial charge < -0.3 is 10.2 Å². The molecule has 0 saturated heterocycles. The molecule has 1 aromatic rings. The highest BCUT2D eigenvalue weighted by atomic mass is 79.9. The maximum absolute atomic E-state index is 12.9. The van der Waals surface area contributed by atoms with Crippen molar-refractivity contribution in [3.05, 3.63) is 28.5 Å². The number of sulfonamides is 1. The fraction of sp³-hybridized carbons (Fsp3) is 0.364. The molecule has 3 N–H and O–H groups in total. The number of aliphatic carboxylic acids is 1. The standard InChI is InChI=1S/C11H13BrFNO5S/c1-11(17,5-10(15)16)6-14-20(18,19)9-3-2-7(13)4-8(9)12/h2-4,14,17H,5-6H2,1H3,(H,15,16). The van der Waals surface area contributed by atoms with Crippen molar-refractivity contribution in [1.29, 1.82) is 0 Å². The molecule has 0 aliphatic carbocycles. The maximum Gasteiger partial charge on any atom is 0.306 e. The molecule has 1 unspecified atom stereocenters. The lowest BCUT2D eigenvalue weighted by Gasteiger charge is -2.21. The van der Waals surface area contributed by atoms with E-state index in [1.165, 1.54) is 6.92 Å². The zero-order chi connectivity index (χ0) is 15.6. The molecule has 6 nitrogen and oxygen atoms in total. The molecule has 0 saturated carbocycles. The van der Waals surface area contributed by atoms with Gasteiger partial charge >= 0.3 is 5.97 Å². The molecule has 20 heavy (non-hydrogen) atoms. The monoisotopic (exact) mass is 369 g/mol. The molecule has 0 aliphatic rings. The summed E-state index contributed by atoms with van der Waals surface area (Å²) in [5.41, 5.74) is -1.73. The summed E-state index contributed by atoms with van der Waals surface area (Å²) >= 11 is 2.93. The fourth-order valence-corrected chi connectivity index (χ4v) is 3.62. The Bertz CT molecular complexity index is 617. The topological polar surface area (TPSA) is 104 Å². The molecule has 1 atom stereocenters. The largest absolute Gasteiger partial charge is 0.481 e. The van der Waals surface area contributed by atoms with Crippen LogP contribution in [0.2, 0.25) is 0 Å². The van der Waals surface area contributed by atoms with E-state index in [0.29, 0.717) is 0 Å². The number of aliphatic hydroxyl groups is 1. The van der Waals surface area contributed by atoms with Gasteiger partial charge in [0.2, 0.25) is 10.0 Å². The smallest absolute Gasteiger partial charge is 0.306 e. The van der Waals surface area contributed by atoms with Crippen molar-refractivity contribution in [3.8, 4) is 0 Å². The zero-order valence-corrected chi connectivity index (χ0v) is 12.8. The molecule has 0 aromatic heterocycles. The Hall–Kier alpha value is -1.03. The van der Waals surface area contributed by atoms with Gasteiger partial charge in [0.25, 0.3) is 0 Å². The molecule has 0 fully saturated rings. The second-order valence-corrected chi connectivity index (χ2v) is 7.06. The number of carbonyl (C=O) groups is 1. The first-order chi connectivity index (χ1) is 9.03. The molecule has 9 heteroatoms. The fourth-order valence-electron chi connectivity index (χ4n) is 1.41. The number of rotatable bonds is 6. The molecular formula is C11H13BrFNO5S. The summed E-state index contributed by atoms with van der Waals surface area (Å²) in [6, 6.07) is 3.03. The summed E-state index contributed by atoms with van der Waals surface area (Å²) in [6.07, 6.45) is -0.611. The van der Waals surface area contributed by atoms with Crippen LogP contribution in [0.15, 0.2) is 27.6 Å². The summed E-state index contributed by atoms with van der Waals surface area (Å²) in [7, 11) is -3.99. The molecule has 0 amide bonds. The third kappa shape index (κ3) is 4.82. The first kappa shape index (κ1) is 17.0.